The average Bonchev–Trinajstić information content (AvgIpc) is 3.03. The highest BCUT2D eigenvalue weighted by molar-refractivity contribution is 6.00. The second kappa shape index (κ2) is 7.78. The van der Waals surface area contributed by atoms with E-state index in [1.807, 2.05) is 43.1 Å². The summed E-state index contributed by atoms with van der Waals surface area (Å²) in [6.07, 6.45) is 2.58. The normalized spacial score (nSPS) is 23.3. The number of likely N-dealkylation sites (tertiary alicyclic amines) is 1. The summed E-state index contributed by atoms with van der Waals surface area (Å²) in [7, 11) is 4.06. The van der Waals surface area contributed by atoms with Crippen LogP contribution in [0.2, 0.25) is 0 Å². The first-order valence-corrected chi connectivity index (χ1v) is 9.69. The van der Waals surface area contributed by atoms with Crippen molar-refractivity contribution in [3.05, 3.63) is 29.8 Å². The molecule has 2 heterocycles. The smallest absolute Gasteiger partial charge is 0.228 e. The van der Waals surface area contributed by atoms with Crippen LogP contribution in [0.3, 0.4) is 0 Å². The van der Waals surface area contributed by atoms with E-state index in [9.17, 15) is 9.59 Å². The van der Waals surface area contributed by atoms with Crippen molar-refractivity contribution in [3.8, 4) is 0 Å². The van der Waals surface area contributed by atoms with E-state index in [2.05, 4.69) is 18.9 Å². The fourth-order valence-corrected chi connectivity index (χ4v) is 4.16. The van der Waals surface area contributed by atoms with Crippen molar-refractivity contribution in [3.63, 3.8) is 0 Å². The third-order valence-corrected chi connectivity index (χ3v) is 6.22. The van der Waals surface area contributed by atoms with Crippen LogP contribution in [0.25, 0.3) is 0 Å². The summed E-state index contributed by atoms with van der Waals surface area (Å²) in [6.45, 7) is 6.87. The van der Waals surface area contributed by atoms with Gasteiger partial charge in [-0.05, 0) is 64.9 Å². The van der Waals surface area contributed by atoms with Gasteiger partial charge in [0.05, 0.1) is 5.92 Å². The number of hydrogen-bond donors (Lipinski definition) is 0. The second-order valence-corrected chi connectivity index (χ2v) is 8.07. The van der Waals surface area contributed by atoms with Crippen LogP contribution in [0.5, 0.6) is 0 Å². The van der Waals surface area contributed by atoms with Crippen molar-refractivity contribution >= 4 is 17.5 Å². The lowest BCUT2D eigenvalue weighted by Crippen LogP contribution is -2.46. The fourth-order valence-electron chi connectivity index (χ4n) is 4.16. The summed E-state index contributed by atoms with van der Waals surface area (Å²) in [4.78, 5) is 31.5. The van der Waals surface area contributed by atoms with Gasteiger partial charge in [0, 0.05) is 31.7 Å². The highest BCUT2D eigenvalue weighted by Gasteiger charge is 2.38. The van der Waals surface area contributed by atoms with Gasteiger partial charge in [-0.15, -0.1) is 0 Å². The maximum Gasteiger partial charge on any atom is 0.228 e. The summed E-state index contributed by atoms with van der Waals surface area (Å²) in [5.41, 5.74) is 2.06. The molecule has 2 fully saturated rings. The topological polar surface area (TPSA) is 43.9 Å². The lowest BCUT2D eigenvalue weighted by Gasteiger charge is -2.37. The van der Waals surface area contributed by atoms with Crippen molar-refractivity contribution in [2.75, 3.05) is 38.6 Å². The monoisotopic (exact) mass is 357 g/mol. The van der Waals surface area contributed by atoms with Crippen LogP contribution in [0, 0.1) is 18.8 Å². The van der Waals surface area contributed by atoms with Crippen LogP contribution < -0.4 is 4.90 Å². The number of amides is 2. The van der Waals surface area contributed by atoms with Crippen molar-refractivity contribution in [1.29, 1.82) is 0 Å². The van der Waals surface area contributed by atoms with Crippen molar-refractivity contribution in [2.24, 2.45) is 11.8 Å². The van der Waals surface area contributed by atoms with Crippen LogP contribution >= 0.6 is 0 Å². The molecule has 142 valence electrons. The molecule has 2 amide bonds. The zero-order valence-electron chi connectivity index (χ0n) is 16.4. The Balaban J connectivity index is 1.62. The van der Waals surface area contributed by atoms with Crippen LogP contribution in [0.4, 0.5) is 5.69 Å². The zero-order valence-corrected chi connectivity index (χ0v) is 16.4. The number of aryl methyl sites for hydroxylation is 1. The number of nitrogens with zero attached hydrogens (tertiary/aromatic N) is 3. The molecule has 2 aliphatic rings. The van der Waals surface area contributed by atoms with Gasteiger partial charge in [0.1, 0.15) is 0 Å². The van der Waals surface area contributed by atoms with Crippen LogP contribution in [0.1, 0.15) is 31.7 Å². The number of hydrogen-bond acceptors (Lipinski definition) is 3. The molecule has 2 saturated heterocycles. The Labute approximate surface area is 156 Å². The van der Waals surface area contributed by atoms with Gasteiger partial charge in [-0.2, -0.15) is 0 Å². The van der Waals surface area contributed by atoms with Gasteiger partial charge in [-0.3, -0.25) is 9.59 Å². The number of benzene rings is 1. The highest BCUT2D eigenvalue weighted by Crippen LogP contribution is 2.29. The number of piperidine rings is 1. The number of rotatable bonds is 4. The third-order valence-electron chi connectivity index (χ3n) is 6.22. The Kier molecular flexibility index (Phi) is 5.66. The molecule has 0 aromatic heterocycles. The number of anilines is 1. The molecule has 0 spiro atoms. The molecule has 1 aromatic rings. The summed E-state index contributed by atoms with van der Waals surface area (Å²) in [5.74, 6) is 0.472. The summed E-state index contributed by atoms with van der Waals surface area (Å²) >= 11 is 0. The molecule has 0 bridgehead atoms. The summed E-state index contributed by atoms with van der Waals surface area (Å²) < 4.78 is 0. The fraction of sp³-hybridized carbons (Fsp3) is 0.619. The molecule has 2 atom stereocenters. The quantitative estimate of drug-likeness (QED) is 0.832. The molecule has 26 heavy (non-hydrogen) atoms. The molecule has 1 aromatic carbocycles. The first-order valence-electron chi connectivity index (χ1n) is 9.69. The van der Waals surface area contributed by atoms with Crippen molar-refractivity contribution in [1.82, 2.24) is 9.80 Å². The van der Waals surface area contributed by atoms with Crippen molar-refractivity contribution in [2.45, 2.75) is 39.2 Å². The van der Waals surface area contributed by atoms with E-state index in [1.54, 1.807) is 4.90 Å². The maximum absolute atomic E-state index is 13.0. The highest BCUT2D eigenvalue weighted by atomic mass is 16.2. The van der Waals surface area contributed by atoms with Crippen LogP contribution in [-0.2, 0) is 9.59 Å². The van der Waals surface area contributed by atoms with E-state index in [0.29, 0.717) is 18.9 Å². The van der Waals surface area contributed by atoms with Gasteiger partial charge in [-0.1, -0.05) is 17.7 Å². The predicted molar refractivity (Wildman–Crippen MR) is 104 cm³/mol. The van der Waals surface area contributed by atoms with Gasteiger partial charge < -0.3 is 14.7 Å². The van der Waals surface area contributed by atoms with Gasteiger partial charge in [-0.25, -0.2) is 0 Å². The van der Waals surface area contributed by atoms with E-state index in [0.717, 1.165) is 31.6 Å². The molecule has 0 unspecified atom stereocenters. The Morgan fingerprint density at radius 2 is 1.81 bits per heavy atom. The molecule has 0 saturated carbocycles. The van der Waals surface area contributed by atoms with Gasteiger partial charge in [0.25, 0.3) is 0 Å². The average molecular weight is 357 g/mol. The summed E-state index contributed by atoms with van der Waals surface area (Å²) in [5, 5.41) is 0. The zero-order chi connectivity index (χ0) is 18.8. The molecule has 0 radical (unpaired) electrons. The maximum atomic E-state index is 13.0. The molecule has 0 aliphatic carbocycles. The van der Waals surface area contributed by atoms with E-state index in [1.165, 1.54) is 5.56 Å². The minimum Gasteiger partial charge on any atom is -0.342 e. The lowest BCUT2D eigenvalue weighted by molar-refractivity contribution is -0.137. The standard InChI is InChI=1S/C21H31N3O2/c1-15-5-7-19(8-6-15)24-14-18(13-20(24)25)21(26)23(4)16(2)17-9-11-22(3)12-10-17/h5-8,16-18H,9-14H2,1-4H3/t16-,18+/m0/s1. The predicted octanol–water partition coefficient (Wildman–Crippen LogP) is 2.54. The molecular formula is C21H31N3O2. The van der Waals surface area contributed by atoms with E-state index in [4.69, 9.17) is 0 Å². The third kappa shape index (κ3) is 3.93. The van der Waals surface area contributed by atoms with E-state index < -0.39 is 0 Å². The van der Waals surface area contributed by atoms with Gasteiger partial charge in [0.2, 0.25) is 11.8 Å². The molecule has 5 nitrogen and oxygen atoms in total. The number of carbonyl (C=O) groups excluding carboxylic acids is 2. The minimum absolute atomic E-state index is 0.0487. The second-order valence-electron chi connectivity index (χ2n) is 8.07. The Morgan fingerprint density at radius 3 is 2.42 bits per heavy atom. The van der Waals surface area contributed by atoms with Gasteiger partial charge >= 0.3 is 0 Å². The molecule has 0 N–H and O–H groups in total. The van der Waals surface area contributed by atoms with Gasteiger partial charge in [0.15, 0.2) is 0 Å². The van der Waals surface area contributed by atoms with Crippen LogP contribution in [0.15, 0.2) is 24.3 Å². The SMILES string of the molecule is Cc1ccc(N2C[C@H](C(=O)N(C)[C@@H](C)C3CCN(C)CC3)CC2=O)cc1. The largest absolute Gasteiger partial charge is 0.342 e. The number of carbonyl (C=O) groups is 2. The lowest BCUT2D eigenvalue weighted by atomic mass is 9.89. The van der Waals surface area contributed by atoms with E-state index in [-0.39, 0.29) is 23.8 Å². The Morgan fingerprint density at radius 1 is 1.19 bits per heavy atom. The van der Waals surface area contributed by atoms with Crippen molar-refractivity contribution < 1.29 is 9.59 Å². The first kappa shape index (κ1) is 18.9. The summed E-state index contributed by atoms with van der Waals surface area (Å²) in [6, 6.07) is 8.16. The Hall–Kier alpha value is -1.88. The molecule has 5 heteroatoms. The molecule has 2 aliphatic heterocycles. The Bertz CT molecular complexity index is 650. The van der Waals surface area contributed by atoms with E-state index >= 15 is 0 Å². The first-order chi connectivity index (χ1) is 12.4. The molecule has 3 rings (SSSR count). The van der Waals surface area contributed by atoms with Crippen LogP contribution in [-0.4, -0.2) is 61.4 Å². The molecular weight excluding hydrogens is 326 g/mol. The minimum atomic E-state index is -0.234.